The van der Waals surface area contributed by atoms with Crippen LogP contribution in [0, 0.1) is 0 Å². The Morgan fingerprint density at radius 2 is 2.00 bits per heavy atom. The number of hydrogen-bond acceptors (Lipinski definition) is 3. The second kappa shape index (κ2) is 7.78. The van der Waals surface area contributed by atoms with E-state index in [1.807, 2.05) is 12.1 Å². The van der Waals surface area contributed by atoms with Crippen LogP contribution in [-0.4, -0.2) is 36.6 Å². The molecule has 0 spiro atoms. The average Bonchev–Trinajstić information content (AvgIpc) is 2.47. The van der Waals surface area contributed by atoms with Crippen molar-refractivity contribution < 1.29 is 4.74 Å². The van der Waals surface area contributed by atoms with Crippen molar-refractivity contribution >= 4 is 27.5 Å². The maximum atomic E-state index is 5.88. The summed E-state index contributed by atoms with van der Waals surface area (Å²) >= 11 is 9.23. The van der Waals surface area contributed by atoms with E-state index in [1.165, 1.54) is 5.56 Å². The Hall–Kier alpha value is -1.10. The van der Waals surface area contributed by atoms with Gasteiger partial charge in [-0.05, 0) is 48.1 Å². The highest BCUT2D eigenvalue weighted by Gasteiger charge is 2.13. The van der Waals surface area contributed by atoms with Gasteiger partial charge < -0.3 is 9.64 Å². The lowest BCUT2D eigenvalue weighted by atomic mass is 10.1. The Bertz CT molecular complexity index is 578. The van der Waals surface area contributed by atoms with Crippen molar-refractivity contribution in [2.45, 2.75) is 12.5 Å². The van der Waals surface area contributed by atoms with E-state index in [4.69, 9.17) is 16.3 Å². The van der Waals surface area contributed by atoms with Crippen LogP contribution < -0.4 is 4.74 Å². The van der Waals surface area contributed by atoms with E-state index < -0.39 is 0 Å². The third-order valence-corrected chi connectivity index (χ3v) is 4.39. The van der Waals surface area contributed by atoms with Gasteiger partial charge in [-0.1, -0.05) is 41.9 Å². The molecule has 21 heavy (non-hydrogen) atoms. The van der Waals surface area contributed by atoms with Gasteiger partial charge in [0.1, 0.15) is 17.5 Å². The molecule has 0 bridgehead atoms. The van der Waals surface area contributed by atoms with E-state index in [1.54, 1.807) is 6.20 Å². The quantitative estimate of drug-likeness (QED) is 0.718. The van der Waals surface area contributed by atoms with Crippen molar-refractivity contribution in [3.63, 3.8) is 0 Å². The summed E-state index contributed by atoms with van der Waals surface area (Å²) in [5, 5.41) is 0.441. The molecule has 0 fully saturated rings. The molecule has 2 rings (SSSR count). The lowest BCUT2D eigenvalue weighted by molar-refractivity contribution is 0.184. The summed E-state index contributed by atoms with van der Waals surface area (Å²) in [6.45, 7) is 0.595. The van der Waals surface area contributed by atoms with Crippen molar-refractivity contribution in [1.82, 2.24) is 9.88 Å². The number of hydrogen-bond donors (Lipinski definition) is 0. The van der Waals surface area contributed by atoms with Crippen LogP contribution in [0.4, 0.5) is 0 Å². The number of nitrogens with zero attached hydrogens (tertiary/aromatic N) is 2. The minimum atomic E-state index is 0.293. The SMILES string of the molecule is CN(C)[C@H](COc1cnc(Cl)c(Br)c1)Cc1ccccc1. The summed E-state index contributed by atoms with van der Waals surface area (Å²) in [6, 6.07) is 12.5. The van der Waals surface area contributed by atoms with Gasteiger partial charge in [0.05, 0.1) is 10.7 Å². The van der Waals surface area contributed by atoms with Crippen molar-refractivity contribution in [3.8, 4) is 5.75 Å². The highest BCUT2D eigenvalue weighted by molar-refractivity contribution is 9.10. The normalized spacial score (nSPS) is 12.4. The predicted octanol–water partition coefficient (Wildman–Crippen LogP) is 4.05. The number of rotatable bonds is 6. The second-order valence-electron chi connectivity index (χ2n) is 5.06. The van der Waals surface area contributed by atoms with Gasteiger partial charge in [0.25, 0.3) is 0 Å². The van der Waals surface area contributed by atoms with Gasteiger partial charge >= 0.3 is 0 Å². The van der Waals surface area contributed by atoms with Crippen LogP contribution >= 0.6 is 27.5 Å². The Kier molecular flexibility index (Phi) is 6.03. The summed E-state index contributed by atoms with van der Waals surface area (Å²) in [5.74, 6) is 0.714. The van der Waals surface area contributed by atoms with Gasteiger partial charge in [-0.25, -0.2) is 4.98 Å². The topological polar surface area (TPSA) is 25.4 Å². The first kappa shape index (κ1) is 16.3. The summed E-state index contributed by atoms with van der Waals surface area (Å²) < 4.78 is 6.59. The first-order valence-corrected chi connectivity index (χ1v) is 7.87. The monoisotopic (exact) mass is 368 g/mol. The third-order valence-electron chi connectivity index (χ3n) is 3.26. The van der Waals surface area contributed by atoms with Gasteiger partial charge in [-0.3, -0.25) is 0 Å². The molecule has 0 saturated heterocycles. The molecule has 0 unspecified atom stereocenters. The Morgan fingerprint density at radius 1 is 1.29 bits per heavy atom. The largest absolute Gasteiger partial charge is 0.490 e. The molecule has 0 amide bonds. The minimum absolute atomic E-state index is 0.293. The fourth-order valence-electron chi connectivity index (χ4n) is 1.95. The standard InChI is InChI=1S/C16H18BrClN2O/c1-20(2)13(8-12-6-4-3-5-7-12)11-21-14-9-15(17)16(18)19-10-14/h3-7,9-10,13H,8,11H2,1-2H3/t13-/m0/s1. The van der Waals surface area contributed by atoms with E-state index in [0.29, 0.717) is 23.6 Å². The zero-order valence-electron chi connectivity index (χ0n) is 12.1. The Labute approximate surface area is 139 Å². The number of likely N-dealkylation sites (N-methyl/N-ethyl adjacent to an activating group) is 1. The molecular formula is C16H18BrClN2O. The first-order valence-electron chi connectivity index (χ1n) is 6.70. The molecule has 0 aliphatic carbocycles. The van der Waals surface area contributed by atoms with Crippen LogP contribution in [0.15, 0.2) is 47.1 Å². The molecule has 1 atom stereocenters. The van der Waals surface area contributed by atoms with Gasteiger partial charge in [0.2, 0.25) is 0 Å². The third kappa shape index (κ3) is 4.99. The number of halogens is 2. The highest BCUT2D eigenvalue weighted by Crippen LogP contribution is 2.24. The summed E-state index contributed by atoms with van der Waals surface area (Å²) in [7, 11) is 4.12. The second-order valence-corrected chi connectivity index (χ2v) is 6.27. The molecule has 5 heteroatoms. The molecular weight excluding hydrogens is 352 g/mol. The molecule has 2 aromatic rings. The Morgan fingerprint density at radius 3 is 2.62 bits per heavy atom. The van der Waals surface area contributed by atoms with E-state index >= 15 is 0 Å². The molecule has 1 aromatic carbocycles. The first-order chi connectivity index (χ1) is 10.1. The van der Waals surface area contributed by atoms with Crippen molar-refractivity contribution in [2.24, 2.45) is 0 Å². The maximum absolute atomic E-state index is 5.88. The molecule has 1 aromatic heterocycles. The molecule has 0 aliphatic rings. The molecule has 1 heterocycles. The zero-order chi connectivity index (χ0) is 15.2. The summed E-state index contributed by atoms with van der Waals surface area (Å²) in [5.41, 5.74) is 1.30. The molecule has 0 N–H and O–H groups in total. The fourth-order valence-corrected chi connectivity index (χ4v) is 2.38. The van der Waals surface area contributed by atoms with Crippen LogP contribution in [-0.2, 0) is 6.42 Å². The summed E-state index contributed by atoms with van der Waals surface area (Å²) in [6.07, 6.45) is 2.58. The van der Waals surface area contributed by atoms with Crippen molar-refractivity contribution in [3.05, 3.63) is 57.8 Å². The Balaban J connectivity index is 1.98. The van der Waals surface area contributed by atoms with Crippen LogP contribution in [0.2, 0.25) is 5.15 Å². The molecule has 112 valence electrons. The fraction of sp³-hybridized carbons (Fsp3) is 0.312. The minimum Gasteiger partial charge on any atom is -0.490 e. The average molecular weight is 370 g/mol. The lowest BCUT2D eigenvalue weighted by Gasteiger charge is -2.24. The van der Waals surface area contributed by atoms with Crippen molar-refractivity contribution in [2.75, 3.05) is 20.7 Å². The molecule has 0 aliphatic heterocycles. The van der Waals surface area contributed by atoms with Gasteiger partial charge in [0.15, 0.2) is 0 Å². The smallest absolute Gasteiger partial charge is 0.143 e. The predicted molar refractivity (Wildman–Crippen MR) is 90.1 cm³/mol. The van der Waals surface area contributed by atoms with Gasteiger partial charge in [-0.15, -0.1) is 0 Å². The number of aromatic nitrogens is 1. The van der Waals surface area contributed by atoms with Gasteiger partial charge in [0, 0.05) is 6.04 Å². The number of benzene rings is 1. The highest BCUT2D eigenvalue weighted by atomic mass is 79.9. The lowest BCUT2D eigenvalue weighted by Crippen LogP contribution is -2.35. The van der Waals surface area contributed by atoms with Crippen molar-refractivity contribution in [1.29, 1.82) is 0 Å². The zero-order valence-corrected chi connectivity index (χ0v) is 14.4. The van der Waals surface area contributed by atoms with E-state index in [2.05, 4.69) is 64.2 Å². The van der Waals surface area contributed by atoms with E-state index in [0.717, 1.165) is 10.9 Å². The van der Waals surface area contributed by atoms with Crippen LogP contribution in [0.25, 0.3) is 0 Å². The van der Waals surface area contributed by atoms with E-state index in [-0.39, 0.29) is 0 Å². The molecule has 3 nitrogen and oxygen atoms in total. The number of ether oxygens (including phenoxy) is 1. The van der Waals surface area contributed by atoms with Crippen LogP contribution in [0.5, 0.6) is 5.75 Å². The van der Waals surface area contributed by atoms with Crippen LogP contribution in [0.3, 0.4) is 0 Å². The number of pyridine rings is 1. The molecule has 0 saturated carbocycles. The molecule has 0 radical (unpaired) electrons. The maximum Gasteiger partial charge on any atom is 0.143 e. The summed E-state index contributed by atoms with van der Waals surface area (Å²) in [4.78, 5) is 6.24. The van der Waals surface area contributed by atoms with Gasteiger partial charge in [-0.2, -0.15) is 0 Å². The van der Waals surface area contributed by atoms with E-state index in [9.17, 15) is 0 Å². The van der Waals surface area contributed by atoms with Crippen LogP contribution in [0.1, 0.15) is 5.56 Å².